The van der Waals surface area contributed by atoms with Gasteiger partial charge in [-0.15, -0.1) is 0 Å². The van der Waals surface area contributed by atoms with Gasteiger partial charge in [0.05, 0.1) is 12.8 Å². The van der Waals surface area contributed by atoms with Gasteiger partial charge in [-0.1, -0.05) is 29.0 Å². The Morgan fingerprint density at radius 1 is 1.55 bits per heavy atom. The van der Waals surface area contributed by atoms with Crippen LogP contribution in [0.4, 0.5) is 5.13 Å². The fourth-order valence-corrected chi connectivity index (χ4v) is 2.76. The van der Waals surface area contributed by atoms with E-state index in [1.165, 1.54) is 0 Å². The Morgan fingerprint density at radius 2 is 2.30 bits per heavy atom. The van der Waals surface area contributed by atoms with Crippen LogP contribution in [-0.4, -0.2) is 18.0 Å². The lowest BCUT2D eigenvalue weighted by Crippen LogP contribution is -2.23. The summed E-state index contributed by atoms with van der Waals surface area (Å²) in [6, 6.07) is 5.34. The average molecular weight is 312 g/mol. The minimum atomic E-state index is -0.223. The second kappa shape index (κ2) is 6.11. The predicted octanol–water partition coefficient (Wildman–Crippen LogP) is 2.63. The van der Waals surface area contributed by atoms with Gasteiger partial charge in [0.25, 0.3) is 5.91 Å². The fraction of sp³-hybridized carbons (Fsp3) is 0.231. The molecule has 0 unspecified atom stereocenters. The van der Waals surface area contributed by atoms with Crippen molar-refractivity contribution in [1.29, 1.82) is 0 Å². The molecule has 5 nitrogen and oxygen atoms in total. The molecular formula is C13H14ClN3O2S. The van der Waals surface area contributed by atoms with Crippen LogP contribution >= 0.6 is 22.9 Å². The second-order valence-corrected chi connectivity index (χ2v) is 5.51. The highest BCUT2D eigenvalue weighted by Crippen LogP contribution is 2.26. The molecule has 2 aromatic rings. The zero-order valence-corrected chi connectivity index (χ0v) is 12.6. The summed E-state index contributed by atoms with van der Waals surface area (Å²) in [6.07, 6.45) is 0. The molecule has 0 aliphatic carbocycles. The highest BCUT2D eigenvalue weighted by Gasteiger charge is 2.15. The number of nitrogens with one attached hydrogen (secondary N) is 1. The Balaban J connectivity index is 2.13. The summed E-state index contributed by atoms with van der Waals surface area (Å²) in [5, 5.41) is 3.72. The van der Waals surface area contributed by atoms with Crippen molar-refractivity contribution in [3.8, 4) is 5.75 Å². The maximum Gasteiger partial charge on any atom is 0.263 e. The Morgan fingerprint density at radius 3 is 2.90 bits per heavy atom. The van der Waals surface area contributed by atoms with Crippen LogP contribution in [-0.2, 0) is 6.54 Å². The van der Waals surface area contributed by atoms with Crippen LogP contribution in [0.5, 0.6) is 5.75 Å². The predicted molar refractivity (Wildman–Crippen MR) is 80.4 cm³/mol. The average Bonchev–Trinajstić information content (AvgIpc) is 2.75. The number of hydrogen-bond acceptors (Lipinski definition) is 5. The molecule has 20 heavy (non-hydrogen) atoms. The number of nitrogens with two attached hydrogens (primary N) is 1. The normalized spacial score (nSPS) is 10.3. The van der Waals surface area contributed by atoms with E-state index >= 15 is 0 Å². The second-order valence-electron chi connectivity index (χ2n) is 4.07. The number of benzene rings is 1. The molecule has 106 valence electrons. The SMILES string of the molecule is COc1cccc(Cl)c1CNC(=O)c1sc(N)nc1C. The van der Waals surface area contributed by atoms with Gasteiger partial charge < -0.3 is 15.8 Å². The third-order valence-electron chi connectivity index (χ3n) is 2.74. The summed E-state index contributed by atoms with van der Waals surface area (Å²) in [7, 11) is 1.56. The number of methoxy groups -OCH3 is 1. The topological polar surface area (TPSA) is 77.2 Å². The quantitative estimate of drug-likeness (QED) is 0.910. The van der Waals surface area contributed by atoms with Crippen LogP contribution in [0, 0.1) is 6.92 Å². The monoisotopic (exact) mass is 311 g/mol. The third-order valence-corrected chi connectivity index (χ3v) is 4.08. The number of thiazole rings is 1. The number of anilines is 1. The van der Waals surface area contributed by atoms with E-state index in [9.17, 15) is 4.79 Å². The summed E-state index contributed by atoms with van der Waals surface area (Å²) in [4.78, 5) is 16.6. The zero-order chi connectivity index (χ0) is 14.7. The molecule has 0 saturated heterocycles. The number of aryl methyl sites for hydroxylation is 1. The fourth-order valence-electron chi connectivity index (χ4n) is 1.78. The first-order valence-corrected chi connectivity index (χ1v) is 7.05. The molecule has 1 aromatic heterocycles. The number of nitrogens with zero attached hydrogens (tertiary/aromatic N) is 1. The van der Waals surface area contributed by atoms with Crippen LogP contribution in [0.15, 0.2) is 18.2 Å². The van der Waals surface area contributed by atoms with Crippen LogP contribution < -0.4 is 15.8 Å². The van der Waals surface area contributed by atoms with E-state index < -0.39 is 0 Å². The summed E-state index contributed by atoms with van der Waals surface area (Å²) in [5.74, 6) is 0.414. The lowest BCUT2D eigenvalue weighted by Gasteiger charge is -2.11. The number of hydrogen-bond donors (Lipinski definition) is 2. The molecule has 0 bridgehead atoms. The van der Waals surface area contributed by atoms with E-state index in [1.54, 1.807) is 32.2 Å². The van der Waals surface area contributed by atoms with Crippen LogP contribution in [0.2, 0.25) is 5.02 Å². The standard InChI is InChI=1S/C13H14ClN3O2S/c1-7-11(20-13(15)17-7)12(18)16-6-8-9(14)4-3-5-10(8)19-2/h3-5H,6H2,1-2H3,(H2,15,17)(H,16,18). The number of amides is 1. The summed E-state index contributed by atoms with van der Waals surface area (Å²) in [5.41, 5.74) is 6.94. The Hall–Kier alpha value is -1.79. The first-order chi connectivity index (χ1) is 9.52. The molecule has 7 heteroatoms. The number of carbonyl (C=O) groups excluding carboxylic acids is 1. The van der Waals surface area contributed by atoms with E-state index in [-0.39, 0.29) is 12.5 Å². The van der Waals surface area contributed by atoms with Crippen molar-refractivity contribution < 1.29 is 9.53 Å². The van der Waals surface area contributed by atoms with Crippen molar-refractivity contribution in [1.82, 2.24) is 10.3 Å². The van der Waals surface area contributed by atoms with E-state index in [2.05, 4.69) is 10.3 Å². The van der Waals surface area contributed by atoms with Gasteiger partial charge >= 0.3 is 0 Å². The Labute approximate surface area is 125 Å². The molecule has 1 amide bonds. The lowest BCUT2D eigenvalue weighted by atomic mass is 10.2. The summed E-state index contributed by atoms with van der Waals surface area (Å²) < 4.78 is 5.23. The van der Waals surface area contributed by atoms with Gasteiger partial charge in [-0.3, -0.25) is 4.79 Å². The molecule has 3 N–H and O–H groups in total. The first-order valence-electron chi connectivity index (χ1n) is 5.85. The molecule has 0 spiro atoms. The maximum absolute atomic E-state index is 12.1. The van der Waals surface area contributed by atoms with Gasteiger partial charge in [0.1, 0.15) is 10.6 Å². The Kier molecular flexibility index (Phi) is 4.46. The van der Waals surface area contributed by atoms with E-state index in [0.717, 1.165) is 16.9 Å². The van der Waals surface area contributed by atoms with Crippen molar-refractivity contribution in [2.24, 2.45) is 0 Å². The maximum atomic E-state index is 12.1. The van der Waals surface area contributed by atoms with Crippen LogP contribution in [0.25, 0.3) is 0 Å². The van der Waals surface area contributed by atoms with Gasteiger partial charge in [0.15, 0.2) is 5.13 Å². The number of rotatable bonds is 4. The van der Waals surface area contributed by atoms with Gasteiger partial charge in [-0.05, 0) is 19.1 Å². The van der Waals surface area contributed by atoms with Crippen molar-refractivity contribution in [3.05, 3.63) is 39.4 Å². The number of carbonyl (C=O) groups is 1. The molecule has 0 aliphatic heterocycles. The summed E-state index contributed by atoms with van der Waals surface area (Å²) >= 11 is 7.27. The van der Waals surface area contributed by atoms with Gasteiger partial charge in [-0.2, -0.15) is 0 Å². The molecule has 1 aromatic carbocycles. The number of halogens is 1. The number of nitrogen functional groups attached to an aromatic ring is 1. The van der Waals surface area contributed by atoms with E-state index in [4.69, 9.17) is 22.1 Å². The number of ether oxygens (including phenoxy) is 1. The molecule has 0 radical (unpaired) electrons. The molecular weight excluding hydrogens is 298 g/mol. The van der Waals surface area contributed by atoms with Gasteiger partial charge in [-0.25, -0.2) is 4.98 Å². The lowest BCUT2D eigenvalue weighted by molar-refractivity contribution is 0.0954. The highest BCUT2D eigenvalue weighted by atomic mass is 35.5. The van der Waals surface area contributed by atoms with E-state index in [0.29, 0.717) is 26.5 Å². The smallest absolute Gasteiger partial charge is 0.263 e. The van der Waals surface area contributed by atoms with Crippen LogP contribution in [0.1, 0.15) is 20.9 Å². The summed E-state index contributed by atoms with van der Waals surface area (Å²) in [6.45, 7) is 2.02. The van der Waals surface area contributed by atoms with Crippen molar-refractivity contribution in [2.45, 2.75) is 13.5 Å². The van der Waals surface area contributed by atoms with E-state index in [1.807, 2.05) is 0 Å². The molecule has 1 heterocycles. The third kappa shape index (κ3) is 3.02. The van der Waals surface area contributed by atoms with Crippen molar-refractivity contribution >= 4 is 34.0 Å². The van der Waals surface area contributed by atoms with Gasteiger partial charge in [0.2, 0.25) is 0 Å². The molecule has 0 atom stereocenters. The minimum absolute atomic E-state index is 0.223. The van der Waals surface area contributed by atoms with Crippen LogP contribution in [0.3, 0.4) is 0 Å². The number of aromatic nitrogens is 1. The minimum Gasteiger partial charge on any atom is -0.496 e. The van der Waals surface area contributed by atoms with Gasteiger partial charge in [0, 0.05) is 17.1 Å². The molecule has 0 aliphatic rings. The molecule has 0 fully saturated rings. The van der Waals surface area contributed by atoms with Crippen molar-refractivity contribution in [2.75, 3.05) is 12.8 Å². The molecule has 2 rings (SSSR count). The van der Waals surface area contributed by atoms with Crippen molar-refractivity contribution in [3.63, 3.8) is 0 Å². The highest BCUT2D eigenvalue weighted by molar-refractivity contribution is 7.17. The first kappa shape index (κ1) is 14.6. The molecule has 0 saturated carbocycles. The zero-order valence-electron chi connectivity index (χ0n) is 11.1. The largest absolute Gasteiger partial charge is 0.496 e. The Bertz CT molecular complexity index is 643.